The third-order valence-corrected chi connectivity index (χ3v) is 3.91. The Balaban J connectivity index is 2.06. The lowest BCUT2D eigenvalue weighted by atomic mass is 10.1. The largest absolute Gasteiger partial charge is 0.465 e. The second kappa shape index (κ2) is 7.80. The summed E-state index contributed by atoms with van der Waals surface area (Å²) < 4.78 is 29.8. The molecule has 2 rings (SSSR count). The van der Waals surface area contributed by atoms with Crippen LogP contribution in [-0.4, -0.2) is 33.7 Å². The molecule has 0 unspecified atom stereocenters. The predicted molar refractivity (Wildman–Crippen MR) is 93.9 cm³/mol. The van der Waals surface area contributed by atoms with Crippen LogP contribution in [0, 0.1) is 0 Å². The molecule has 0 spiro atoms. The maximum absolute atomic E-state index is 12.2. The van der Waals surface area contributed by atoms with Crippen molar-refractivity contribution in [3.63, 3.8) is 0 Å². The van der Waals surface area contributed by atoms with Crippen molar-refractivity contribution in [1.82, 2.24) is 5.32 Å². The van der Waals surface area contributed by atoms with Gasteiger partial charge in [0.2, 0.25) is 10.0 Å². The lowest BCUT2D eigenvalue weighted by Crippen LogP contribution is -2.23. The van der Waals surface area contributed by atoms with E-state index in [4.69, 9.17) is 0 Å². The minimum Gasteiger partial charge on any atom is -0.465 e. The number of sulfonamides is 1. The van der Waals surface area contributed by atoms with E-state index in [0.717, 1.165) is 6.26 Å². The third-order valence-electron chi connectivity index (χ3n) is 3.32. The summed E-state index contributed by atoms with van der Waals surface area (Å²) in [7, 11) is -2.13. The monoisotopic (exact) mass is 362 g/mol. The minimum atomic E-state index is -3.41. The summed E-state index contributed by atoms with van der Waals surface area (Å²) in [5, 5.41) is 2.71. The van der Waals surface area contributed by atoms with Gasteiger partial charge in [0.1, 0.15) is 0 Å². The molecule has 8 heteroatoms. The number of anilines is 1. The van der Waals surface area contributed by atoms with Crippen LogP contribution >= 0.6 is 0 Å². The number of hydrogen-bond acceptors (Lipinski definition) is 5. The van der Waals surface area contributed by atoms with Gasteiger partial charge in [-0.15, -0.1) is 0 Å². The molecule has 0 aliphatic carbocycles. The van der Waals surface area contributed by atoms with E-state index in [0.29, 0.717) is 22.4 Å². The fourth-order valence-corrected chi connectivity index (χ4v) is 2.73. The van der Waals surface area contributed by atoms with Crippen molar-refractivity contribution in [2.75, 3.05) is 18.1 Å². The van der Waals surface area contributed by atoms with Crippen molar-refractivity contribution < 1.29 is 22.7 Å². The van der Waals surface area contributed by atoms with Crippen molar-refractivity contribution in [1.29, 1.82) is 0 Å². The topological polar surface area (TPSA) is 102 Å². The lowest BCUT2D eigenvalue weighted by molar-refractivity contribution is 0.0600. The molecule has 0 heterocycles. The number of para-hydroxylation sites is 1. The van der Waals surface area contributed by atoms with E-state index in [1.807, 2.05) is 0 Å². The standard InChI is InChI=1S/C17H18N2O5S/c1-24-17(21)13-9-7-12(8-10-13)16(20)18-11-14-5-3-4-6-15(14)19-25(2,22)23/h3-10,19H,11H2,1-2H3,(H,18,20). The summed E-state index contributed by atoms with van der Waals surface area (Å²) in [6, 6.07) is 12.8. The molecule has 0 bridgehead atoms. The highest BCUT2D eigenvalue weighted by Gasteiger charge is 2.11. The smallest absolute Gasteiger partial charge is 0.337 e. The Morgan fingerprint density at radius 3 is 2.20 bits per heavy atom. The van der Waals surface area contributed by atoms with Crippen LogP contribution in [0.5, 0.6) is 0 Å². The zero-order valence-electron chi connectivity index (χ0n) is 13.8. The second-order valence-corrected chi connectivity index (χ2v) is 7.03. The first-order chi connectivity index (χ1) is 11.8. The zero-order valence-corrected chi connectivity index (χ0v) is 14.6. The van der Waals surface area contributed by atoms with E-state index in [1.54, 1.807) is 24.3 Å². The summed E-state index contributed by atoms with van der Waals surface area (Å²) >= 11 is 0. The quantitative estimate of drug-likeness (QED) is 0.763. The average molecular weight is 362 g/mol. The van der Waals surface area contributed by atoms with Crippen LogP contribution in [0.2, 0.25) is 0 Å². The van der Waals surface area contributed by atoms with Crippen molar-refractivity contribution >= 4 is 27.6 Å². The normalized spacial score (nSPS) is 10.8. The Kier molecular flexibility index (Phi) is 5.76. The highest BCUT2D eigenvalue weighted by Crippen LogP contribution is 2.16. The Labute approximate surface area is 146 Å². The molecule has 7 nitrogen and oxygen atoms in total. The van der Waals surface area contributed by atoms with Crippen LogP contribution in [0.15, 0.2) is 48.5 Å². The zero-order chi connectivity index (χ0) is 18.4. The van der Waals surface area contributed by atoms with E-state index in [-0.39, 0.29) is 12.5 Å². The van der Waals surface area contributed by atoms with Crippen molar-refractivity contribution in [2.24, 2.45) is 0 Å². The minimum absolute atomic E-state index is 0.149. The van der Waals surface area contributed by atoms with E-state index in [2.05, 4.69) is 14.8 Å². The molecule has 2 aromatic carbocycles. The second-order valence-electron chi connectivity index (χ2n) is 5.28. The van der Waals surface area contributed by atoms with E-state index >= 15 is 0 Å². The SMILES string of the molecule is COC(=O)c1ccc(C(=O)NCc2ccccc2NS(C)(=O)=O)cc1. The molecule has 0 fully saturated rings. The van der Waals surface area contributed by atoms with Gasteiger partial charge in [-0.2, -0.15) is 0 Å². The molecule has 25 heavy (non-hydrogen) atoms. The van der Waals surface area contributed by atoms with E-state index in [9.17, 15) is 18.0 Å². The summed E-state index contributed by atoms with van der Waals surface area (Å²) in [6.07, 6.45) is 1.06. The van der Waals surface area contributed by atoms with Gasteiger partial charge in [0.05, 0.1) is 24.6 Å². The van der Waals surface area contributed by atoms with E-state index < -0.39 is 16.0 Å². The molecule has 0 aliphatic rings. The van der Waals surface area contributed by atoms with Crippen LogP contribution in [0.3, 0.4) is 0 Å². The molecule has 0 radical (unpaired) electrons. The molecular formula is C17H18N2O5S. The van der Waals surface area contributed by atoms with Crippen molar-refractivity contribution in [3.8, 4) is 0 Å². The number of ether oxygens (including phenoxy) is 1. The molecule has 0 aliphatic heterocycles. The number of rotatable bonds is 6. The Hall–Kier alpha value is -2.87. The van der Waals surface area contributed by atoms with Gasteiger partial charge in [-0.1, -0.05) is 18.2 Å². The number of carbonyl (C=O) groups is 2. The molecule has 0 saturated carbocycles. The number of nitrogens with one attached hydrogen (secondary N) is 2. The number of benzene rings is 2. The van der Waals surface area contributed by atoms with Crippen LogP contribution in [-0.2, 0) is 21.3 Å². The maximum Gasteiger partial charge on any atom is 0.337 e. The van der Waals surface area contributed by atoms with Crippen molar-refractivity contribution in [2.45, 2.75) is 6.54 Å². The van der Waals surface area contributed by atoms with Crippen LogP contribution in [0.4, 0.5) is 5.69 Å². The third kappa shape index (κ3) is 5.32. The van der Waals surface area contributed by atoms with Gasteiger partial charge in [-0.05, 0) is 35.9 Å². The number of esters is 1. The van der Waals surface area contributed by atoms with Gasteiger partial charge in [-0.25, -0.2) is 13.2 Å². The first-order valence-corrected chi connectivity index (χ1v) is 9.21. The summed E-state index contributed by atoms with van der Waals surface area (Å²) in [5.41, 5.74) is 1.77. The molecular weight excluding hydrogens is 344 g/mol. The first-order valence-electron chi connectivity index (χ1n) is 7.32. The first kappa shape index (κ1) is 18.5. The van der Waals surface area contributed by atoms with Gasteiger partial charge in [0.25, 0.3) is 5.91 Å². The summed E-state index contributed by atoms with van der Waals surface area (Å²) in [6.45, 7) is 0.149. The molecule has 1 amide bonds. The Bertz CT molecular complexity index is 876. The van der Waals surface area contributed by atoms with Gasteiger partial charge < -0.3 is 10.1 Å². The summed E-state index contributed by atoms with van der Waals surface area (Å²) in [5.74, 6) is -0.821. The highest BCUT2D eigenvalue weighted by atomic mass is 32.2. The molecule has 0 atom stereocenters. The molecule has 132 valence electrons. The van der Waals surface area contributed by atoms with Crippen LogP contribution < -0.4 is 10.0 Å². The molecule has 2 aromatic rings. The van der Waals surface area contributed by atoms with Crippen molar-refractivity contribution in [3.05, 3.63) is 65.2 Å². The van der Waals surface area contributed by atoms with E-state index in [1.165, 1.54) is 31.4 Å². The van der Waals surface area contributed by atoms with Crippen LogP contribution in [0.25, 0.3) is 0 Å². The average Bonchev–Trinajstić information content (AvgIpc) is 2.59. The number of hydrogen-bond donors (Lipinski definition) is 2. The van der Waals surface area contributed by atoms with Gasteiger partial charge in [0, 0.05) is 12.1 Å². The fraction of sp³-hybridized carbons (Fsp3) is 0.176. The number of amides is 1. The van der Waals surface area contributed by atoms with Gasteiger partial charge >= 0.3 is 5.97 Å². The maximum atomic E-state index is 12.2. The Morgan fingerprint density at radius 1 is 1.00 bits per heavy atom. The summed E-state index contributed by atoms with van der Waals surface area (Å²) in [4.78, 5) is 23.6. The highest BCUT2D eigenvalue weighted by molar-refractivity contribution is 7.92. The van der Waals surface area contributed by atoms with Gasteiger partial charge in [0.15, 0.2) is 0 Å². The molecule has 2 N–H and O–H groups in total. The number of methoxy groups -OCH3 is 1. The van der Waals surface area contributed by atoms with Crippen LogP contribution in [0.1, 0.15) is 26.3 Å². The van der Waals surface area contributed by atoms with Gasteiger partial charge in [-0.3, -0.25) is 9.52 Å². The Morgan fingerprint density at radius 2 is 1.60 bits per heavy atom. The molecule has 0 saturated heterocycles. The molecule has 0 aromatic heterocycles. The fourth-order valence-electron chi connectivity index (χ4n) is 2.13. The lowest BCUT2D eigenvalue weighted by Gasteiger charge is -2.11. The number of carbonyl (C=O) groups excluding carboxylic acids is 2. The predicted octanol–water partition coefficient (Wildman–Crippen LogP) is 1.77.